The molecule has 1 aromatic carbocycles. The number of halogens is 3. The van der Waals surface area contributed by atoms with Crippen molar-refractivity contribution in [3.63, 3.8) is 0 Å². The lowest BCUT2D eigenvalue weighted by Crippen LogP contribution is -2.44. The van der Waals surface area contributed by atoms with Crippen molar-refractivity contribution in [2.45, 2.75) is 32.2 Å². The van der Waals surface area contributed by atoms with E-state index in [0.29, 0.717) is 6.54 Å². The number of hydrogen-bond acceptors (Lipinski definition) is 2. The second kappa shape index (κ2) is 6.93. The Hall–Kier alpha value is -1.56. The molecule has 6 heteroatoms. The average molecular weight is 300 g/mol. The van der Waals surface area contributed by atoms with Crippen LogP contribution in [-0.2, 0) is 0 Å². The number of likely N-dealkylation sites (tertiary alicyclic amines) is 1. The third-order valence-electron chi connectivity index (χ3n) is 3.85. The van der Waals surface area contributed by atoms with Gasteiger partial charge in [0.15, 0.2) is 17.5 Å². The molecule has 1 N–H and O–H groups in total. The van der Waals surface area contributed by atoms with Crippen molar-refractivity contribution in [1.82, 2.24) is 10.2 Å². The Morgan fingerprint density at radius 3 is 2.52 bits per heavy atom. The van der Waals surface area contributed by atoms with E-state index < -0.39 is 28.9 Å². The summed E-state index contributed by atoms with van der Waals surface area (Å²) in [7, 11) is 0. The second-order valence-corrected chi connectivity index (χ2v) is 5.38. The molecular weight excluding hydrogens is 281 g/mol. The minimum absolute atomic E-state index is 0.127. The first kappa shape index (κ1) is 15.8. The molecule has 0 aromatic heterocycles. The van der Waals surface area contributed by atoms with Crippen LogP contribution in [0.4, 0.5) is 13.2 Å². The predicted molar refractivity (Wildman–Crippen MR) is 73.5 cm³/mol. The molecule has 116 valence electrons. The Morgan fingerprint density at radius 2 is 1.86 bits per heavy atom. The minimum atomic E-state index is -1.62. The van der Waals surface area contributed by atoms with Gasteiger partial charge in [0.1, 0.15) is 0 Å². The quantitative estimate of drug-likeness (QED) is 0.867. The fraction of sp³-hybridized carbons (Fsp3) is 0.533. The molecule has 0 bridgehead atoms. The molecule has 1 fully saturated rings. The molecule has 1 atom stereocenters. The monoisotopic (exact) mass is 300 g/mol. The van der Waals surface area contributed by atoms with Crippen molar-refractivity contribution in [1.29, 1.82) is 0 Å². The maximum absolute atomic E-state index is 13.5. The van der Waals surface area contributed by atoms with Gasteiger partial charge in [-0.05, 0) is 45.0 Å². The number of rotatable bonds is 4. The lowest BCUT2D eigenvalue weighted by atomic mass is 10.1. The molecule has 21 heavy (non-hydrogen) atoms. The molecule has 0 saturated carbocycles. The van der Waals surface area contributed by atoms with Gasteiger partial charge < -0.3 is 5.32 Å². The van der Waals surface area contributed by atoms with E-state index in [9.17, 15) is 18.0 Å². The van der Waals surface area contributed by atoms with E-state index in [2.05, 4.69) is 10.2 Å². The number of nitrogens with zero attached hydrogens (tertiary/aromatic N) is 1. The highest BCUT2D eigenvalue weighted by Gasteiger charge is 2.21. The number of nitrogens with one attached hydrogen (secondary N) is 1. The van der Waals surface area contributed by atoms with Crippen LogP contribution in [0.1, 0.15) is 36.5 Å². The number of hydrogen-bond donors (Lipinski definition) is 1. The summed E-state index contributed by atoms with van der Waals surface area (Å²) in [6.07, 6.45) is 3.49. The molecule has 2 rings (SSSR count). The topological polar surface area (TPSA) is 32.3 Å². The number of piperidine rings is 1. The first-order chi connectivity index (χ1) is 10.0. The van der Waals surface area contributed by atoms with Crippen LogP contribution >= 0.6 is 0 Å². The molecule has 1 saturated heterocycles. The molecule has 1 aromatic rings. The Labute approximate surface area is 122 Å². The Kier molecular flexibility index (Phi) is 5.22. The highest BCUT2D eigenvalue weighted by atomic mass is 19.2. The summed E-state index contributed by atoms with van der Waals surface area (Å²) >= 11 is 0. The van der Waals surface area contributed by atoms with Gasteiger partial charge in [0.25, 0.3) is 5.91 Å². The zero-order valence-corrected chi connectivity index (χ0v) is 12.0. The van der Waals surface area contributed by atoms with E-state index in [4.69, 9.17) is 0 Å². The average Bonchev–Trinajstić information content (AvgIpc) is 2.51. The third kappa shape index (κ3) is 3.75. The van der Waals surface area contributed by atoms with E-state index in [1.54, 1.807) is 0 Å². The van der Waals surface area contributed by atoms with Gasteiger partial charge in [-0.3, -0.25) is 9.69 Å². The molecule has 1 amide bonds. The fourth-order valence-electron chi connectivity index (χ4n) is 2.53. The van der Waals surface area contributed by atoms with Crippen molar-refractivity contribution in [2.24, 2.45) is 0 Å². The van der Waals surface area contributed by atoms with Crippen molar-refractivity contribution in [3.8, 4) is 0 Å². The highest BCUT2D eigenvalue weighted by molar-refractivity contribution is 5.94. The van der Waals surface area contributed by atoms with Gasteiger partial charge >= 0.3 is 0 Å². The van der Waals surface area contributed by atoms with Crippen LogP contribution in [0.2, 0.25) is 0 Å². The van der Waals surface area contributed by atoms with Crippen LogP contribution in [-0.4, -0.2) is 36.5 Å². The largest absolute Gasteiger partial charge is 0.350 e. The van der Waals surface area contributed by atoms with Crippen molar-refractivity contribution in [3.05, 3.63) is 35.1 Å². The smallest absolute Gasteiger partial charge is 0.254 e. The summed E-state index contributed by atoms with van der Waals surface area (Å²) in [5.41, 5.74) is -0.472. The lowest BCUT2D eigenvalue weighted by Gasteiger charge is -2.32. The van der Waals surface area contributed by atoms with E-state index in [1.165, 1.54) is 6.42 Å². The molecule has 1 heterocycles. The maximum Gasteiger partial charge on any atom is 0.254 e. The third-order valence-corrected chi connectivity index (χ3v) is 3.85. The molecule has 1 unspecified atom stereocenters. The van der Waals surface area contributed by atoms with Crippen LogP contribution in [0, 0.1) is 17.5 Å². The van der Waals surface area contributed by atoms with Gasteiger partial charge in [0, 0.05) is 12.6 Å². The standard InChI is InChI=1S/C15H19F3N2O/c1-10(20-7-3-2-4-8-20)9-19-15(21)11-5-6-12(16)14(18)13(11)17/h5-6,10H,2-4,7-9H2,1H3,(H,19,21). The number of benzene rings is 1. The lowest BCUT2D eigenvalue weighted by molar-refractivity contribution is 0.0924. The van der Waals surface area contributed by atoms with Crippen molar-refractivity contribution >= 4 is 5.91 Å². The minimum Gasteiger partial charge on any atom is -0.350 e. The van der Waals surface area contributed by atoms with Gasteiger partial charge in [0.2, 0.25) is 0 Å². The first-order valence-corrected chi connectivity index (χ1v) is 7.16. The van der Waals surface area contributed by atoms with E-state index in [-0.39, 0.29) is 6.04 Å². The van der Waals surface area contributed by atoms with Crippen molar-refractivity contribution < 1.29 is 18.0 Å². The van der Waals surface area contributed by atoms with Gasteiger partial charge in [-0.25, -0.2) is 13.2 Å². The van der Waals surface area contributed by atoms with E-state index in [1.807, 2.05) is 6.92 Å². The Morgan fingerprint density at radius 1 is 1.19 bits per heavy atom. The summed E-state index contributed by atoms with van der Waals surface area (Å²) in [5.74, 6) is -5.09. The molecule has 0 aliphatic carbocycles. The summed E-state index contributed by atoms with van der Waals surface area (Å²) in [6.45, 7) is 4.29. The summed E-state index contributed by atoms with van der Waals surface area (Å²) in [5, 5.41) is 2.57. The zero-order chi connectivity index (χ0) is 15.4. The zero-order valence-electron chi connectivity index (χ0n) is 12.0. The second-order valence-electron chi connectivity index (χ2n) is 5.38. The van der Waals surface area contributed by atoms with Gasteiger partial charge in [-0.1, -0.05) is 6.42 Å². The molecule has 0 radical (unpaired) electrons. The van der Waals surface area contributed by atoms with E-state index >= 15 is 0 Å². The molecular formula is C15H19F3N2O. The number of carbonyl (C=O) groups is 1. The first-order valence-electron chi connectivity index (χ1n) is 7.16. The van der Waals surface area contributed by atoms with Gasteiger partial charge in [-0.2, -0.15) is 0 Å². The van der Waals surface area contributed by atoms with Gasteiger partial charge in [-0.15, -0.1) is 0 Å². The summed E-state index contributed by atoms with van der Waals surface area (Å²) in [4.78, 5) is 14.1. The molecule has 1 aliphatic rings. The van der Waals surface area contributed by atoms with Gasteiger partial charge in [0.05, 0.1) is 5.56 Å². The number of carbonyl (C=O) groups excluding carboxylic acids is 1. The predicted octanol–water partition coefficient (Wildman–Crippen LogP) is 2.71. The Bertz CT molecular complexity index is 516. The maximum atomic E-state index is 13.5. The number of amides is 1. The highest BCUT2D eigenvalue weighted by Crippen LogP contribution is 2.15. The Balaban J connectivity index is 1.94. The van der Waals surface area contributed by atoms with E-state index in [0.717, 1.165) is 38.1 Å². The summed E-state index contributed by atoms with van der Waals surface area (Å²) < 4.78 is 39.4. The summed E-state index contributed by atoms with van der Waals surface area (Å²) in [6, 6.07) is 1.83. The SMILES string of the molecule is CC(CNC(=O)c1ccc(F)c(F)c1F)N1CCCCC1. The molecule has 1 aliphatic heterocycles. The van der Waals surface area contributed by atoms with Crippen LogP contribution in [0.15, 0.2) is 12.1 Å². The molecule has 0 spiro atoms. The van der Waals surface area contributed by atoms with Crippen molar-refractivity contribution in [2.75, 3.05) is 19.6 Å². The molecule has 3 nitrogen and oxygen atoms in total. The normalized spacial score (nSPS) is 17.5. The van der Waals surface area contributed by atoms with Crippen LogP contribution in [0.25, 0.3) is 0 Å². The van der Waals surface area contributed by atoms with Crippen LogP contribution in [0.3, 0.4) is 0 Å². The fourth-order valence-corrected chi connectivity index (χ4v) is 2.53. The van der Waals surface area contributed by atoms with Crippen LogP contribution < -0.4 is 5.32 Å². The van der Waals surface area contributed by atoms with Crippen LogP contribution in [0.5, 0.6) is 0 Å².